The number of nitrogens with zero attached hydrogens (tertiary/aromatic N) is 7. The van der Waals surface area contributed by atoms with Crippen molar-refractivity contribution >= 4 is 45.7 Å². The number of thiazole rings is 1. The highest BCUT2D eigenvalue weighted by atomic mass is 32.1. The van der Waals surface area contributed by atoms with E-state index in [2.05, 4.69) is 62.1 Å². The maximum atomic E-state index is 15.0. The van der Waals surface area contributed by atoms with Gasteiger partial charge in [-0.25, -0.2) is 19.2 Å². The van der Waals surface area contributed by atoms with E-state index in [1.54, 1.807) is 19.4 Å². The summed E-state index contributed by atoms with van der Waals surface area (Å²) >= 11 is 1.17. The number of carbonyl (C=O) groups is 3. The number of fused-ring (bicyclic) bond motifs is 6. The molecule has 5 aromatic rings. The number of piperazine rings is 1. The van der Waals surface area contributed by atoms with E-state index in [0.717, 1.165) is 89.4 Å². The van der Waals surface area contributed by atoms with E-state index >= 15 is 0 Å². The molecular weight excluding hydrogens is 1020 g/mol. The third kappa shape index (κ3) is 11.7. The summed E-state index contributed by atoms with van der Waals surface area (Å²) in [6.07, 6.45) is 4.51. The second-order valence-corrected chi connectivity index (χ2v) is 23.7. The van der Waals surface area contributed by atoms with Crippen molar-refractivity contribution in [3.63, 3.8) is 0 Å². The van der Waals surface area contributed by atoms with Gasteiger partial charge in [0.15, 0.2) is 0 Å². The van der Waals surface area contributed by atoms with E-state index in [-0.39, 0.29) is 42.2 Å². The predicted octanol–water partition coefficient (Wildman–Crippen LogP) is 7.89. The average Bonchev–Trinajstić information content (AvgIpc) is 4.54. The van der Waals surface area contributed by atoms with Crippen molar-refractivity contribution in [2.24, 2.45) is 17.3 Å². The number of aromatic nitrogens is 4. The van der Waals surface area contributed by atoms with Crippen molar-refractivity contribution in [1.29, 1.82) is 0 Å². The standard InChI is InChI=1S/C58H73F2N9O8S/c1-34-48(43-9-6-7-17-61-43)49(34)54(70)64-51-53(76-31-47(59)60)55-63-45(32-78-55)36-11-14-46-40(27-36)42(29-58(3,4)33-77-57(72)44-10-8-18-69(65-44)56(51)71)52(68(46)23-26-75-39-15-24-74-25-16-39)41-28-38(30-62-50(41)35(2)73-5)67-21-19-66(20-22-67)37-12-13-37/h6-7,9,11,14,17,27-28,30,32,34-35,37,39,44,47-49,51,53,65H,8,10,12-13,15-16,18-26,29,31,33H2,1-5H3,(H,64,70)/t34-,35-,44-,48-,49+,51-,53-/m0/s1. The minimum Gasteiger partial charge on any atom is -0.464 e. The van der Waals surface area contributed by atoms with Crippen LogP contribution in [0.1, 0.15) is 106 Å². The zero-order valence-corrected chi connectivity index (χ0v) is 46.2. The number of rotatable bonds is 15. The third-order valence-electron chi connectivity index (χ3n) is 16.7. The first-order chi connectivity index (χ1) is 37.7. The number of halogens is 2. The SMILES string of the molecule is CO[C@@H](C)c1ncc(N2CCN(C3CC3)CC2)cc1-c1c2c3cc(ccc3n1CCOC1CCOCC1)-c1csc(n1)[C@@H](OCC(F)F)[C@H](NC(=O)[C@@H]1[C@@H](C)[C@H]1c1ccccn1)C(=O)N1CCC[C@H](N1)C(=O)OCC(C)(C)C2. The second-order valence-electron chi connectivity index (χ2n) is 22.8. The molecule has 2 saturated carbocycles. The lowest BCUT2D eigenvalue weighted by molar-refractivity contribution is -0.157. The zero-order chi connectivity index (χ0) is 54.2. The van der Waals surface area contributed by atoms with Crippen LogP contribution in [0.5, 0.6) is 0 Å². The number of hydrogen-bond acceptors (Lipinski definition) is 15. The summed E-state index contributed by atoms with van der Waals surface area (Å²) in [6, 6.07) is 12.3. The fourth-order valence-electron chi connectivity index (χ4n) is 12.1. The zero-order valence-electron chi connectivity index (χ0n) is 45.3. The molecule has 4 aliphatic heterocycles. The topological polar surface area (TPSA) is 175 Å². The quantitative estimate of drug-likeness (QED) is 0.0969. The van der Waals surface area contributed by atoms with Gasteiger partial charge in [-0.15, -0.1) is 11.3 Å². The van der Waals surface area contributed by atoms with Crippen molar-refractivity contribution < 1.29 is 46.8 Å². The van der Waals surface area contributed by atoms with Gasteiger partial charge in [0.1, 0.15) is 29.8 Å². The Hall–Kier alpha value is -5.48. The lowest BCUT2D eigenvalue weighted by Gasteiger charge is -2.37. The Kier molecular flexibility index (Phi) is 16.3. The number of nitrogens with one attached hydrogen (secondary N) is 2. The van der Waals surface area contributed by atoms with Crippen molar-refractivity contribution in [3.8, 4) is 22.5 Å². The van der Waals surface area contributed by atoms with Gasteiger partial charge in [0, 0.05) is 122 Å². The number of esters is 1. The number of hydrogen-bond donors (Lipinski definition) is 2. The van der Waals surface area contributed by atoms with E-state index in [1.165, 1.54) is 29.2 Å². The summed E-state index contributed by atoms with van der Waals surface area (Å²) in [7, 11) is 1.70. The van der Waals surface area contributed by atoms with Crippen molar-refractivity contribution in [2.45, 2.75) is 128 Å². The maximum absolute atomic E-state index is 15.0. The summed E-state index contributed by atoms with van der Waals surface area (Å²) in [4.78, 5) is 63.6. The smallest absolute Gasteiger partial charge is 0.324 e. The summed E-state index contributed by atoms with van der Waals surface area (Å²) in [5.41, 5.74) is 10.2. The number of anilines is 1. The molecule has 4 aromatic heterocycles. The minimum absolute atomic E-state index is 0.0518. The molecule has 0 unspecified atom stereocenters. The Labute approximate surface area is 458 Å². The average molecular weight is 1090 g/mol. The first-order valence-electron chi connectivity index (χ1n) is 27.9. The van der Waals surface area contributed by atoms with Crippen LogP contribution in [0, 0.1) is 17.3 Å². The molecule has 2 amide bonds. The number of methoxy groups -OCH3 is 1. The fourth-order valence-corrected chi connectivity index (χ4v) is 13.0. The first kappa shape index (κ1) is 54.5. The maximum Gasteiger partial charge on any atom is 0.324 e. The molecule has 11 rings (SSSR count). The van der Waals surface area contributed by atoms with Gasteiger partial charge in [-0.1, -0.05) is 32.9 Å². The number of pyridine rings is 2. The van der Waals surface area contributed by atoms with E-state index < -0.39 is 60.3 Å². The lowest BCUT2D eigenvalue weighted by Crippen LogP contribution is -2.61. The molecule has 1 aromatic carbocycles. The van der Waals surface area contributed by atoms with Crippen LogP contribution in [0.15, 0.2) is 60.2 Å². The van der Waals surface area contributed by atoms with Crippen LogP contribution >= 0.6 is 11.3 Å². The van der Waals surface area contributed by atoms with Crippen molar-refractivity contribution in [1.82, 2.24) is 40.2 Å². The monoisotopic (exact) mass is 1090 g/mol. The number of hydrazine groups is 1. The van der Waals surface area contributed by atoms with Crippen LogP contribution in [0.4, 0.5) is 14.5 Å². The van der Waals surface area contributed by atoms with Gasteiger partial charge in [0.2, 0.25) is 5.91 Å². The van der Waals surface area contributed by atoms with Gasteiger partial charge >= 0.3 is 5.97 Å². The highest BCUT2D eigenvalue weighted by Gasteiger charge is 2.54. The molecule has 5 fully saturated rings. The summed E-state index contributed by atoms with van der Waals surface area (Å²) in [6.45, 7) is 13.4. The molecular formula is C58H73F2N9O8S. The molecule has 2 N–H and O–H groups in total. The Morgan fingerprint density at radius 3 is 2.55 bits per heavy atom. The normalized spacial score (nSPS) is 25.7. The Bertz CT molecular complexity index is 2940. The highest BCUT2D eigenvalue weighted by molar-refractivity contribution is 7.10. The van der Waals surface area contributed by atoms with E-state index in [4.69, 9.17) is 33.7 Å². The number of carbonyl (C=O) groups excluding carboxylic acids is 3. The Balaban J connectivity index is 1.04. The Morgan fingerprint density at radius 2 is 1.81 bits per heavy atom. The fraction of sp³-hybridized carbons (Fsp3) is 0.586. The molecule has 0 spiro atoms. The molecule has 17 nitrogen and oxygen atoms in total. The number of amides is 2. The molecule has 3 saturated heterocycles. The molecule has 20 heteroatoms. The molecule has 78 heavy (non-hydrogen) atoms. The second kappa shape index (κ2) is 23.3. The van der Waals surface area contributed by atoms with Gasteiger partial charge in [-0.3, -0.25) is 34.3 Å². The van der Waals surface area contributed by atoms with E-state index in [9.17, 15) is 23.2 Å². The first-order valence-corrected chi connectivity index (χ1v) is 28.8. The van der Waals surface area contributed by atoms with Crippen LogP contribution < -0.4 is 15.6 Å². The van der Waals surface area contributed by atoms with Crippen molar-refractivity contribution in [3.05, 3.63) is 82.2 Å². The summed E-state index contributed by atoms with van der Waals surface area (Å²) in [5.74, 6) is -2.47. The third-order valence-corrected chi connectivity index (χ3v) is 17.6. The number of cyclic esters (lactones) is 1. The van der Waals surface area contributed by atoms with E-state index in [0.29, 0.717) is 57.4 Å². The number of alkyl halides is 2. The predicted molar refractivity (Wildman–Crippen MR) is 291 cm³/mol. The molecule has 0 radical (unpaired) electrons. The van der Waals surface area contributed by atoms with Gasteiger partial charge < -0.3 is 38.5 Å². The largest absolute Gasteiger partial charge is 0.464 e. The van der Waals surface area contributed by atoms with Crippen LogP contribution in [-0.2, 0) is 51.0 Å². The van der Waals surface area contributed by atoms with Gasteiger partial charge in [-0.2, -0.15) is 0 Å². The van der Waals surface area contributed by atoms with Crippen LogP contribution in [-0.4, -0.2) is 151 Å². The van der Waals surface area contributed by atoms with Gasteiger partial charge in [0.25, 0.3) is 12.3 Å². The highest BCUT2D eigenvalue weighted by Crippen LogP contribution is 2.53. The van der Waals surface area contributed by atoms with Gasteiger partial charge in [0.05, 0.1) is 54.4 Å². The molecule has 7 atom stereocenters. The van der Waals surface area contributed by atoms with Crippen LogP contribution in [0.2, 0.25) is 0 Å². The van der Waals surface area contributed by atoms with Gasteiger partial charge in [-0.05, 0) is 93.7 Å². The summed E-state index contributed by atoms with van der Waals surface area (Å²) < 4.78 is 61.6. The molecule has 6 bridgehead atoms. The van der Waals surface area contributed by atoms with Crippen molar-refractivity contribution in [2.75, 3.05) is 77.8 Å². The lowest BCUT2D eigenvalue weighted by atomic mass is 9.84. The molecule has 6 aliphatic rings. The minimum atomic E-state index is -2.89. The number of ether oxygens (including phenoxy) is 5. The number of benzene rings is 1. The summed E-state index contributed by atoms with van der Waals surface area (Å²) in [5, 5.41) is 7.26. The molecule has 418 valence electrons. The van der Waals surface area contributed by atoms with Crippen LogP contribution in [0.3, 0.4) is 0 Å². The molecule has 8 heterocycles. The van der Waals surface area contributed by atoms with Crippen LogP contribution in [0.25, 0.3) is 33.4 Å². The van der Waals surface area contributed by atoms with E-state index in [1.807, 2.05) is 43.6 Å². The Morgan fingerprint density at radius 1 is 1.00 bits per heavy atom. The molecule has 2 aliphatic carbocycles.